The number of benzene rings is 2. The van der Waals surface area contributed by atoms with Gasteiger partial charge in [-0.3, -0.25) is 4.79 Å². The maximum atomic E-state index is 12.2. The first-order chi connectivity index (χ1) is 14.7. The lowest BCUT2D eigenvalue weighted by atomic mass is 10.1. The van der Waals surface area contributed by atoms with Crippen LogP contribution in [0.4, 0.5) is 0 Å². The van der Waals surface area contributed by atoms with Crippen molar-refractivity contribution in [3.05, 3.63) is 60.3 Å². The maximum Gasteiger partial charge on any atom is 0.230 e. The van der Waals surface area contributed by atoms with Gasteiger partial charge >= 0.3 is 0 Å². The minimum Gasteiger partial charge on any atom is -0.496 e. The lowest BCUT2D eigenvalue weighted by Crippen LogP contribution is -2.27. The van der Waals surface area contributed by atoms with Crippen LogP contribution in [0.15, 0.2) is 59.9 Å². The molecule has 2 heterocycles. The smallest absolute Gasteiger partial charge is 0.230 e. The van der Waals surface area contributed by atoms with Crippen LogP contribution in [0.3, 0.4) is 0 Å². The summed E-state index contributed by atoms with van der Waals surface area (Å²) in [6, 6.07) is 15.6. The Morgan fingerprint density at radius 2 is 2.00 bits per heavy atom. The average molecular weight is 423 g/mol. The Labute approximate surface area is 177 Å². The van der Waals surface area contributed by atoms with E-state index in [9.17, 15) is 4.79 Å². The maximum absolute atomic E-state index is 12.2. The molecule has 4 N–H and O–H groups in total. The number of hydrogen-bond donors (Lipinski definition) is 3. The molecule has 0 unspecified atom stereocenters. The highest BCUT2D eigenvalue weighted by molar-refractivity contribution is 7.99. The molecule has 4 aromatic rings. The number of carbonyl (C=O) groups excluding carboxylic acids is 1. The number of nitrogen functional groups attached to an aromatic ring is 1. The molecule has 0 saturated carbocycles. The van der Waals surface area contributed by atoms with E-state index in [1.165, 1.54) is 27.4 Å². The lowest BCUT2D eigenvalue weighted by molar-refractivity contribution is -0.118. The van der Waals surface area contributed by atoms with E-state index in [2.05, 4.69) is 26.6 Å². The average Bonchev–Trinajstić information content (AvgIpc) is 3.35. The summed E-state index contributed by atoms with van der Waals surface area (Å²) in [5.74, 6) is 7.40. The zero-order chi connectivity index (χ0) is 20.9. The Bertz CT molecular complexity index is 1170. The predicted molar refractivity (Wildman–Crippen MR) is 118 cm³/mol. The first kappa shape index (κ1) is 19.8. The van der Waals surface area contributed by atoms with Crippen LogP contribution in [0.2, 0.25) is 0 Å². The van der Waals surface area contributed by atoms with E-state index >= 15 is 0 Å². The normalized spacial score (nSPS) is 11.0. The summed E-state index contributed by atoms with van der Waals surface area (Å²) in [4.78, 5) is 15.5. The molecule has 9 heteroatoms. The van der Waals surface area contributed by atoms with Crippen LogP contribution < -0.4 is 15.9 Å². The van der Waals surface area contributed by atoms with Crippen molar-refractivity contribution in [1.82, 2.24) is 25.2 Å². The Kier molecular flexibility index (Phi) is 5.89. The minimum atomic E-state index is -0.0818. The van der Waals surface area contributed by atoms with Crippen LogP contribution in [-0.4, -0.2) is 45.2 Å². The number of nitrogens with two attached hydrogens (primary N) is 1. The van der Waals surface area contributed by atoms with E-state index in [1.54, 1.807) is 7.11 Å². The number of nitrogens with zero attached hydrogens (tertiary/aromatic N) is 3. The lowest BCUT2D eigenvalue weighted by Gasteiger charge is -2.08. The highest BCUT2D eigenvalue weighted by Crippen LogP contribution is 2.29. The highest BCUT2D eigenvalue weighted by Gasteiger charge is 2.16. The third-order valence-corrected chi connectivity index (χ3v) is 5.68. The predicted octanol–water partition coefficient (Wildman–Crippen LogP) is 2.60. The van der Waals surface area contributed by atoms with E-state index in [1.807, 2.05) is 48.7 Å². The number of hydrogen-bond acceptors (Lipinski definition) is 6. The van der Waals surface area contributed by atoms with E-state index in [-0.39, 0.29) is 11.7 Å². The van der Waals surface area contributed by atoms with Crippen molar-refractivity contribution in [2.45, 2.75) is 11.6 Å². The Hall–Kier alpha value is -3.46. The Morgan fingerprint density at radius 3 is 2.87 bits per heavy atom. The van der Waals surface area contributed by atoms with Crippen LogP contribution >= 0.6 is 11.8 Å². The second-order valence-corrected chi connectivity index (χ2v) is 7.57. The van der Waals surface area contributed by atoms with Crippen LogP contribution in [0.1, 0.15) is 5.56 Å². The number of nitrogens with one attached hydrogen (secondary N) is 2. The van der Waals surface area contributed by atoms with Gasteiger partial charge in [-0.05, 0) is 30.2 Å². The fraction of sp³-hybridized carbons (Fsp3) is 0.190. The molecule has 0 aliphatic carbocycles. The second-order valence-electron chi connectivity index (χ2n) is 6.62. The zero-order valence-electron chi connectivity index (χ0n) is 16.5. The number of ether oxygens (including phenoxy) is 1. The minimum absolute atomic E-state index is 0.0818. The van der Waals surface area contributed by atoms with Crippen LogP contribution in [0.25, 0.3) is 22.3 Å². The van der Waals surface area contributed by atoms with Crippen molar-refractivity contribution in [3.8, 4) is 17.1 Å². The molecule has 1 amide bonds. The van der Waals surface area contributed by atoms with Crippen LogP contribution in [0, 0.1) is 0 Å². The first-order valence-electron chi connectivity index (χ1n) is 9.45. The number of thioether (sulfide) groups is 1. The molecule has 0 atom stereocenters. The van der Waals surface area contributed by atoms with Crippen molar-refractivity contribution < 1.29 is 9.53 Å². The fourth-order valence-corrected chi connectivity index (χ4v) is 3.93. The van der Waals surface area contributed by atoms with Gasteiger partial charge in [0.2, 0.25) is 11.1 Å². The van der Waals surface area contributed by atoms with E-state index < -0.39 is 0 Å². The molecule has 0 radical (unpaired) electrons. The molecule has 30 heavy (non-hydrogen) atoms. The number of aromatic amines is 1. The number of fused-ring (bicyclic) bond motifs is 1. The third-order valence-electron chi connectivity index (χ3n) is 4.74. The fourth-order valence-electron chi connectivity index (χ4n) is 3.24. The van der Waals surface area contributed by atoms with Gasteiger partial charge in [-0.25, -0.2) is 4.68 Å². The van der Waals surface area contributed by atoms with E-state index in [0.29, 0.717) is 23.3 Å². The number of carbonyl (C=O) groups is 1. The number of amides is 1. The molecule has 8 nitrogen and oxygen atoms in total. The van der Waals surface area contributed by atoms with Gasteiger partial charge in [-0.1, -0.05) is 42.1 Å². The van der Waals surface area contributed by atoms with E-state index in [0.717, 1.165) is 17.5 Å². The molecule has 0 aliphatic rings. The molecular formula is C21H22N6O2S. The number of rotatable bonds is 8. The molecule has 154 valence electrons. The summed E-state index contributed by atoms with van der Waals surface area (Å²) in [5.41, 5.74) is 3.02. The summed E-state index contributed by atoms with van der Waals surface area (Å²) in [7, 11) is 1.59. The molecule has 0 aliphatic heterocycles. The van der Waals surface area contributed by atoms with Crippen LogP contribution in [0.5, 0.6) is 5.75 Å². The van der Waals surface area contributed by atoms with Crippen molar-refractivity contribution in [2.24, 2.45) is 0 Å². The van der Waals surface area contributed by atoms with Gasteiger partial charge in [0.1, 0.15) is 5.75 Å². The summed E-state index contributed by atoms with van der Waals surface area (Å²) < 4.78 is 6.73. The van der Waals surface area contributed by atoms with Crippen molar-refractivity contribution in [1.29, 1.82) is 0 Å². The summed E-state index contributed by atoms with van der Waals surface area (Å²) in [6.07, 6.45) is 2.74. The molecule has 0 bridgehead atoms. The topological polar surface area (TPSA) is 111 Å². The van der Waals surface area contributed by atoms with Gasteiger partial charge in [0.25, 0.3) is 0 Å². The molecule has 2 aromatic heterocycles. The number of para-hydroxylation sites is 2. The quantitative estimate of drug-likeness (QED) is 0.297. The number of aromatic nitrogens is 4. The third kappa shape index (κ3) is 4.11. The SMILES string of the molecule is COc1ccccc1-c1nnc(SCC(=O)NCCc2c[nH]c3ccccc23)n1N. The highest BCUT2D eigenvalue weighted by atomic mass is 32.2. The monoisotopic (exact) mass is 422 g/mol. The summed E-state index contributed by atoms with van der Waals surface area (Å²) in [6.45, 7) is 0.559. The van der Waals surface area contributed by atoms with Gasteiger partial charge in [-0.2, -0.15) is 0 Å². The number of methoxy groups -OCH3 is 1. The Balaban J connectivity index is 1.31. The van der Waals surface area contributed by atoms with Gasteiger partial charge in [0.15, 0.2) is 5.82 Å². The molecule has 0 saturated heterocycles. The first-order valence-corrected chi connectivity index (χ1v) is 10.4. The number of H-pyrrole nitrogens is 1. The van der Waals surface area contributed by atoms with Crippen molar-refractivity contribution in [2.75, 3.05) is 25.3 Å². The van der Waals surface area contributed by atoms with Gasteiger partial charge in [-0.15, -0.1) is 10.2 Å². The summed E-state index contributed by atoms with van der Waals surface area (Å²) in [5, 5.41) is 12.8. The van der Waals surface area contributed by atoms with Gasteiger partial charge in [0, 0.05) is 23.6 Å². The second kappa shape index (κ2) is 8.91. The molecule has 2 aromatic carbocycles. The molecule has 0 spiro atoms. The summed E-state index contributed by atoms with van der Waals surface area (Å²) >= 11 is 1.24. The largest absolute Gasteiger partial charge is 0.496 e. The van der Waals surface area contributed by atoms with Crippen molar-refractivity contribution in [3.63, 3.8) is 0 Å². The van der Waals surface area contributed by atoms with Crippen molar-refractivity contribution >= 4 is 28.6 Å². The zero-order valence-corrected chi connectivity index (χ0v) is 17.3. The Morgan fingerprint density at radius 1 is 1.20 bits per heavy atom. The molecule has 4 rings (SSSR count). The van der Waals surface area contributed by atoms with Crippen LogP contribution in [-0.2, 0) is 11.2 Å². The standard InChI is InChI=1S/C21H22N6O2S/c1-29-18-9-5-3-7-16(18)20-25-26-21(27(20)22)30-13-19(28)23-11-10-14-12-24-17-8-4-2-6-15(14)17/h2-9,12,24H,10-11,13,22H2,1H3,(H,23,28). The molecular weight excluding hydrogens is 400 g/mol. The van der Waals surface area contributed by atoms with E-state index in [4.69, 9.17) is 10.6 Å². The molecule has 0 fully saturated rings. The van der Waals surface area contributed by atoms with Gasteiger partial charge in [0.05, 0.1) is 18.4 Å². The van der Waals surface area contributed by atoms with Gasteiger partial charge < -0.3 is 20.9 Å².